The first-order valence-corrected chi connectivity index (χ1v) is 11.8. The predicted molar refractivity (Wildman–Crippen MR) is 120 cm³/mol. The molecule has 3 aromatic rings. The van der Waals surface area contributed by atoms with Gasteiger partial charge in [0.2, 0.25) is 4.77 Å². The normalized spacial score (nSPS) is 20.6. The maximum Gasteiger partial charge on any atom is 0.203 e. The molecule has 0 saturated carbocycles. The van der Waals surface area contributed by atoms with Gasteiger partial charge in [-0.3, -0.25) is 14.4 Å². The summed E-state index contributed by atoms with van der Waals surface area (Å²) in [5.41, 5.74) is 1.11. The second-order valence-electron chi connectivity index (χ2n) is 7.98. The van der Waals surface area contributed by atoms with Crippen LogP contribution < -0.4 is 0 Å². The lowest BCUT2D eigenvalue weighted by atomic mass is 10.2. The van der Waals surface area contributed by atoms with Crippen LogP contribution in [-0.4, -0.2) is 43.8 Å². The van der Waals surface area contributed by atoms with Crippen LogP contribution in [0.25, 0.3) is 5.69 Å². The largest absolute Gasteiger partial charge is 0.296 e. The Hall–Kier alpha value is -1.80. The van der Waals surface area contributed by atoms with Crippen molar-refractivity contribution in [2.75, 3.05) is 19.6 Å². The maximum absolute atomic E-state index is 5.93. The summed E-state index contributed by atoms with van der Waals surface area (Å²) in [7, 11) is 0. The van der Waals surface area contributed by atoms with Gasteiger partial charge in [-0.25, -0.2) is 4.68 Å². The van der Waals surface area contributed by atoms with Gasteiger partial charge in [0.1, 0.15) is 0 Å². The Morgan fingerprint density at radius 3 is 2.59 bits per heavy atom. The summed E-state index contributed by atoms with van der Waals surface area (Å²) in [6.45, 7) is 5.03. The van der Waals surface area contributed by atoms with Crippen molar-refractivity contribution < 1.29 is 0 Å². The van der Waals surface area contributed by atoms with Gasteiger partial charge in [0.05, 0.1) is 13.2 Å². The molecule has 2 fully saturated rings. The van der Waals surface area contributed by atoms with Crippen molar-refractivity contribution in [2.24, 2.45) is 0 Å². The van der Waals surface area contributed by atoms with Gasteiger partial charge in [0, 0.05) is 23.2 Å². The number of hydrogen-bond donors (Lipinski definition) is 0. The standard InChI is InChI=1S/C22H27N5S2/c28-22-26(17-25-14-6-10-19(25)20-11-7-15-29-20)23-21(16-24-12-4-5-13-24)27(22)18-8-2-1-3-9-18/h1-3,7-9,11,15,19H,4-6,10,12-14,16-17H2. The Kier molecular flexibility index (Phi) is 5.63. The van der Waals surface area contributed by atoms with E-state index in [0.717, 1.165) is 49.1 Å². The highest BCUT2D eigenvalue weighted by molar-refractivity contribution is 7.71. The van der Waals surface area contributed by atoms with Crippen LogP contribution in [0.5, 0.6) is 0 Å². The second-order valence-corrected chi connectivity index (χ2v) is 9.32. The smallest absolute Gasteiger partial charge is 0.203 e. The molecular weight excluding hydrogens is 398 g/mol. The Morgan fingerprint density at radius 2 is 1.83 bits per heavy atom. The first-order valence-electron chi connectivity index (χ1n) is 10.5. The molecular formula is C22H27N5S2. The highest BCUT2D eigenvalue weighted by Gasteiger charge is 2.28. The molecule has 0 amide bonds. The molecule has 5 rings (SSSR count). The van der Waals surface area contributed by atoms with Gasteiger partial charge in [-0.1, -0.05) is 24.3 Å². The Balaban J connectivity index is 1.47. The van der Waals surface area contributed by atoms with Crippen molar-refractivity contribution in [3.8, 4) is 5.69 Å². The highest BCUT2D eigenvalue weighted by atomic mass is 32.1. The number of benzene rings is 1. The van der Waals surface area contributed by atoms with Crippen molar-refractivity contribution in [3.63, 3.8) is 0 Å². The van der Waals surface area contributed by atoms with E-state index in [1.165, 1.54) is 30.6 Å². The van der Waals surface area contributed by atoms with Crippen LogP contribution in [0.2, 0.25) is 0 Å². The zero-order valence-electron chi connectivity index (χ0n) is 16.6. The van der Waals surface area contributed by atoms with E-state index in [4.69, 9.17) is 17.3 Å². The van der Waals surface area contributed by atoms with Crippen molar-refractivity contribution in [3.05, 3.63) is 63.3 Å². The predicted octanol–water partition coefficient (Wildman–Crippen LogP) is 4.86. The molecule has 1 unspecified atom stereocenters. The van der Waals surface area contributed by atoms with Gasteiger partial charge in [0.15, 0.2) is 5.82 Å². The molecule has 1 atom stereocenters. The van der Waals surface area contributed by atoms with Crippen molar-refractivity contribution in [1.29, 1.82) is 0 Å². The minimum atomic E-state index is 0.487. The summed E-state index contributed by atoms with van der Waals surface area (Å²) in [6, 6.07) is 15.3. The van der Waals surface area contributed by atoms with Crippen LogP contribution in [0.3, 0.4) is 0 Å². The van der Waals surface area contributed by atoms with Gasteiger partial charge in [-0.15, -0.1) is 11.3 Å². The minimum Gasteiger partial charge on any atom is -0.296 e. The van der Waals surface area contributed by atoms with Crippen LogP contribution in [0.1, 0.15) is 42.4 Å². The van der Waals surface area contributed by atoms with Crippen molar-refractivity contribution in [2.45, 2.75) is 44.9 Å². The lowest BCUT2D eigenvalue weighted by Crippen LogP contribution is -2.26. The molecule has 4 heterocycles. The average molecular weight is 426 g/mol. The number of nitrogens with zero attached hydrogens (tertiary/aromatic N) is 5. The summed E-state index contributed by atoms with van der Waals surface area (Å²) >= 11 is 7.79. The fourth-order valence-electron chi connectivity index (χ4n) is 4.59. The SMILES string of the molecule is S=c1n(CN2CCCC2c2cccs2)nc(CN2CCCC2)n1-c1ccccc1. The lowest BCUT2D eigenvalue weighted by Gasteiger charge is -2.23. The fourth-order valence-corrected chi connectivity index (χ4v) is 5.80. The maximum atomic E-state index is 5.93. The minimum absolute atomic E-state index is 0.487. The number of aromatic nitrogens is 3. The summed E-state index contributed by atoms with van der Waals surface area (Å²) in [6.07, 6.45) is 5.01. The van der Waals surface area contributed by atoms with Gasteiger partial charge >= 0.3 is 0 Å². The molecule has 7 heteroatoms. The van der Waals surface area contributed by atoms with E-state index in [-0.39, 0.29) is 0 Å². The average Bonchev–Trinajstić information content (AvgIpc) is 3.52. The lowest BCUT2D eigenvalue weighted by molar-refractivity contribution is 0.191. The van der Waals surface area contributed by atoms with Gasteiger partial charge in [-0.2, -0.15) is 5.10 Å². The quantitative estimate of drug-likeness (QED) is 0.528. The van der Waals surface area contributed by atoms with Crippen molar-refractivity contribution >= 4 is 23.6 Å². The monoisotopic (exact) mass is 425 g/mol. The third-order valence-corrected chi connectivity index (χ3v) is 7.40. The first kappa shape index (κ1) is 19.2. The number of para-hydroxylation sites is 1. The number of rotatable bonds is 6. The molecule has 1 aromatic carbocycles. The summed E-state index contributed by atoms with van der Waals surface area (Å²) in [5, 5.41) is 7.20. The number of thiophene rings is 1. The van der Waals surface area contributed by atoms with Crippen LogP contribution in [0.4, 0.5) is 0 Å². The molecule has 0 bridgehead atoms. The topological polar surface area (TPSA) is 29.2 Å². The van der Waals surface area contributed by atoms with Crippen LogP contribution >= 0.6 is 23.6 Å². The zero-order valence-corrected chi connectivity index (χ0v) is 18.2. The van der Waals surface area contributed by atoms with E-state index >= 15 is 0 Å². The Morgan fingerprint density at radius 1 is 1.00 bits per heavy atom. The van der Waals surface area contributed by atoms with E-state index in [0.29, 0.717) is 6.04 Å². The molecule has 152 valence electrons. The zero-order chi connectivity index (χ0) is 19.6. The third-order valence-electron chi connectivity index (χ3n) is 6.04. The van der Waals surface area contributed by atoms with E-state index in [9.17, 15) is 0 Å². The third kappa shape index (κ3) is 3.97. The van der Waals surface area contributed by atoms with E-state index in [1.807, 2.05) is 22.1 Å². The van der Waals surface area contributed by atoms with Gasteiger partial charge < -0.3 is 0 Å². The second kappa shape index (κ2) is 8.52. The molecule has 2 aromatic heterocycles. The van der Waals surface area contributed by atoms with E-state index < -0.39 is 0 Å². The van der Waals surface area contributed by atoms with Gasteiger partial charge in [-0.05, 0) is 74.6 Å². The van der Waals surface area contributed by atoms with E-state index in [1.54, 1.807) is 0 Å². The van der Waals surface area contributed by atoms with Crippen LogP contribution in [-0.2, 0) is 13.2 Å². The van der Waals surface area contributed by atoms with Crippen LogP contribution in [0.15, 0.2) is 47.8 Å². The summed E-state index contributed by atoms with van der Waals surface area (Å²) in [4.78, 5) is 6.48. The fraction of sp³-hybridized carbons (Fsp3) is 0.455. The first-order chi connectivity index (χ1) is 14.3. The molecule has 2 saturated heterocycles. The Labute approximate surface area is 181 Å². The van der Waals surface area contributed by atoms with E-state index in [2.05, 4.69) is 56.1 Å². The molecule has 0 spiro atoms. The summed E-state index contributed by atoms with van der Waals surface area (Å²) in [5.74, 6) is 1.05. The van der Waals surface area contributed by atoms with Gasteiger partial charge in [0.25, 0.3) is 0 Å². The molecule has 0 radical (unpaired) electrons. The van der Waals surface area contributed by atoms with Crippen molar-refractivity contribution in [1.82, 2.24) is 24.1 Å². The number of hydrogen-bond acceptors (Lipinski definition) is 5. The Bertz CT molecular complexity index is 986. The summed E-state index contributed by atoms with van der Waals surface area (Å²) < 4.78 is 5.01. The molecule has 2 aliphatic heterocycles. The number of likely N-dealkylation sites (tertiary alicyclic amines) is 2. The molecule has 0 N–H and O–H groups in total. The molecule has 0 aliphatic carbocycles. The molecule has 29 heavy (non-hydrogen) atoms. The highest BCUT2D eigenvalue weighted by Crippen LogP contribution is 2.34. The van der Waals surface area contributed by atoms with Crippen LogP contribution in [0, 0.1) is 4.77 Å². The molecule has 2 aliphatic rings. The molecule has 5 nitrogen and oxygen atoms in total.